The van der Waals surface area contributed by atoms with Crippen molar-refractivity contribution in [1.82, 2.24) is 19.8 Å². The molecule has 7 nitrogen and oxygen atoms in total. The zero-order valence-corrected chi connectivity index (χ0v) is 20.1. The third-order valence-corrected chi connectivity index (χ3v) is 7.84. The lowest BCUT2D eigenvalue weighted by molar-refractivity contribution is -0.126. The minimum Gasteiger partial charge on any atom is -0.394 e. The van der Waals surface area contributed by atoms with E-state index < -0.39 is 0 Å². The first-order valence-electron chi connectivity index (χ1n) is 12.1. The number of thiophene rings is 1. The van der Waals surface area contributed by atoms with E-state index in [1.165, 1.54) is 29.7 Å². The Balaban J connectivity index is 1.30. The Bertz CT molecular complexity index is 1160. The smallest absolute Gasteiger partial charge is 0.246 e. The molecule has 0 spiro atoms. The van der Waals surface area contributed by atoms with Crippen LogP contribution in [0, 0.1) is 0 Å². The molecule has 34 heavy (non-hydrogen) atoms. The number of nitrogens with one attached hydrogen (secondary N) is 1. The number of carbonyl (C=O) groups is 1. The summed E-state index contributed by atoms with van der Waals surface area (Å²) in [7, 11) is 0. The van der Waals surface area contributed by atoms with Gasteiger partial charge in [-0.05, 0) is 43.5 Å². The molecule has 1 amide bonds. The van der Waals surface area contributed by atoms with Crippen LogP contribution in [-0.4, -0.2) is 63.6 Å². The quantitative estimate of drug-likeness (QED) is 0.504. The monoisotopic (exact) mass is 477 g/mol. The van der Waals surface area contributed by atoms with Crippen LogP contribution in [0.2, 0.25) is 0 Å². The number of amides is 1. The van der Waals surface area contributed by atoms with Crippen LogP contribution in [0.4, 0.5) is 5.82 Å². The molecule has 2 N–H and O–H groups in total. The minimum absolute atomic E-state index is 0.0338. The molecule has 1 saturated heterocycles. The van der Waals surface area contributed by atoms with Gasteiger partial charge in [-0.3, -0.25) is 9.69 Å². The van der Waals surface area contributed by atoms with Crippen LogP contribution < -0.4 is 5.32 Å². The van der Waals surface area contributed by atoms with E-state index in [4.69, 9.17) is 0 Å². The fourth-order valence-corrected chi connectivity index (χ4v) is 6.06. The summed E-state index contributed by atoms with van der Waals surface area (Å²) in [5, 5.41) is 14.4. The number of hydrogen-bond acceptors (Lipinski definition) is 7. The van der Waals surface area contributed by atoms with Gasteiger partial charge in [-0.15, -0.1) is 11.3 Å². The third-order valence-electron chi connectivity index (χ3n) is 6.72. The van der Waals surface area contributed by atoms with Crippen molar-refractivity contribution in [2.45, 2.75) is 38.3 Å². The topological polar surface area (TPSA) is 81.6 Å². The molecular formula is C26H31N5O2S. The van der Waals surface area contributed by atoms with Crippen LogP contribution in [-0.2, 0) is 17.8 Å². The Hall–Kier alpha value is -2.81. The number of aromatic nitrogens is 2. The van der Waals surface area contributed by atoms with E-state index in [1.807, 2.05) is 41.3 Å². The molecular weight excluding hydrogens is 446 g/mol. The van der Waals surface area contributed by atoms with E-state index in [1.54, 1.807) is 23.7 Å². The maximum Gasteiger partial charge on any atom is 0.246 e. The number of piperidine rings is 1. The molecule has 1 unspecified atom stereocenters. The maximum absolute atomic E-state index is 12.8. The second-order valence-corrected chi connectivity index (χ2v) is 10.1. The van der Waals surface area contributed by atoms with Crippen molar-refractivity contribution in [2.24, 2.45) is 0 Å². The van der Waals surface area contributed by atoms with Crippen LogP contribution in [0.1, 0.15) is 41.3 Å². The number of aliphatic hydroxyl groups excluding tert-OH is 1. The summed E-state index contributed by atoms with van der Waals surface area (Å²) >= 11 is 1.63. The minimum atomic E-state index is -0.249. The van der Waals surface area contributed by atoms with E-state index in [-0.39, 0.29) is 18.6 Å². The number of fused-ring (bicyclic) bond motifs is 3. The predicted octanol–water partition coefficient (Wildman–Crippen LogP) is 3.76. The second-order valence-electron chi connectivity index (χ2n) is 8.97. The van der Waals surface area contributed by atoms with Gasteiger partial charge in [0.1, 0.15) is 17.0 Å². The van der Waals surface area contributed by atoms with Crippen LogP contribution in [0.5, 0.6) is 0 Å². The fourth-order valence-electron chi connectivity index (χ4n) is 4.86. The normalized spacial score (nSPS) is 17.7. The zero-order valence-electron chi connectivity index (χ0n) is 19.3. The average molecular weight is 478 g/mol. The summed E-state index contributed by atoms with van der Waals surface area (Å²) in [6, 6.07) is 9.64. The number of hydrogen-bond donors (Lipinski definition) is 2. The standard InChI is InChI=1S/C26H31N5O2S/c32-17-21(19-8-3-1-4-9-19)29-25-24-20-11-15-31(16-22(20)34-26(24)28-18-27-25)23(33)10-7-14-30-12-5-2-6-13-30/h1,3-4,7-10,18,21,32H,2,5-6,11-17H2,(H,27,28,29). The van der Waals surface area contributed by atoms with Crippen molar-refractivity contribution >= 4 is 33.3 Å². The van der Waals surface area contributed by atoms with E-state index in [0.29, 0.717) is 13.1 Å². The molecule has 4 heterocycles. The number of anilines is 1. The van der Waals surface area contributed by atoms with E-state index in [9.17, 15) is 9.90 Å². The first kappa shape index (κ1) is 23.0. The SMILES string of the molecule is O=C(C=CCN1CCCCC1)N1CCc2c(sc3ncnc(NC(CO)c4ccccc4)c23)C1. The van der Waals surface area contributed by atoms with Gasteiger partial charge >= 0.3 is 0 Å². The number of benzene rings is 1. The highest BCUT2D eigenvalue weighted by molar-refractivity contribution is 7.19. The summed E-state index contributed by atoms with van der Waals surface area (Å²) in [6.07, 6.45) is 9.93. The average Bonchev–Trinajstić information content (AvgIpc) is 3.27. The summed E-state index contributed by atoms with van der Waals surface area (Å²) < 4.78 is 0. The molecule has 8 heteroatoms. The molecule has 0 bridgehead atoms. The Morgan fingerprint density at radius 2 is 1.97 bits per heavy atom. The maximum atomic E-state index is 12.8. The highest BCUT2D eigenvalue weighted by Gasteiger charge is 2.26. The van der Waals surface area contributed by atoms with Crippen LogP contribution >= 0.6 is 11.3 Å². The summed E-state index contributed by atoms with van der Waals surface area (Å²) in [5.74, 6) is 0.820. The van der Waals surface area contributed by atoms with Crippen molar-refractivity contribution in [1.29, 1.82) is 0 Å². The Labute approximate surface area is 204 Å². The van der Waals surface area contributed by atoms with Crippen molar-refractivity contribution < 1.29 is 9.90 Å². The highest BCUT2D eigenvalue weighted by Crippen LogP contribution is 2.38. The lowest BCUT2D eigenvalue weighted by Crippen LogP contribution is -2.34. The summed E-state index contributed by atoms with van der Waals surface area (Å²) in [5.41, 5.74) is 2.23. The molecule has 1 atom stereocenters. The Morgan fingerprint density at radius 3 is 2.76 bits per heavy atom. The molecule has 0 radical (unpaired) electrons. The largest absolute Gasteiger partial charge is 0.394 e. The lowest BCUT2D eigenvalue weighted by Gasteiger charge is -2.27. The summed E-state index contributed by atoms with van der Waals surface area (Å²) in [6.45, 7) is 4.37. The number of likely N-dealkylation sites (tertiary alicyclic amines) is 1. The van der Waals surface area contributed by atoms with Gasteiger partial charge in [0.2, 0.25) is 5.91 Å². The molecule has 2 aliphatic rings. The van der Waals surface area contributed by atoms with Gasteiger partial charge in [0.15, 0.2) is 0 Å². The van der Waals surface area contributed by atoms with Gasteiger partial charge in [-0.25, -0.2) is 9.97 Å². The predicted molar refractivity (Wildman–Crippen MR) is 136 cm³/mol. The van der Waals surface area contributed by atoms with E-state index in [2.05, 4.69) is 20.2 Å². The number of carbonyl (C=O) groups excluding carboxylic acids is 1. The molecule has 0 aliphatic carbocycles. The lowest BCUT2D eigenvalue weighted by atomic mass is 10.0. The molecule has 5 rings (SSSR count). The summed E-state index contributed by atoms with van der Waals surface area (Å²) in [4.78, 5) is 28.3. The second kappa shape index (κ2) is 10.6. The number of aliphatic hydroxyl groups is 1. The third kappa shape index (κ3) is 4.99. The molecule has 0 saturated carbocycles. The van der Waals surface area contributed by atoms with Gasteiger partial charge in [-0.1, -0.05) is 42.8 Å². The highest BCUT2D eigenvalue weighted by atomic mass is 32.1. The van der Waals surface area contributed by atoms with Gasteiger partial charge in [0.25, 0.3) is 0 Å². The van der Waals surface area contributed by atoms with Gasteiger partial charge < -0.3 is 15.3 Å². The van der Waals surface area contributed by atoms with Gasteiger partial charge in [-0.2, -0.15) is 0 Å². The van der Waals surface area contributed by atoms with Crippen molar-refractivity contribution in [3.8, 4) is 0 Å². The van der Waals surface area contributed by atoms with Crippen LogP contribution in [0.3, 0.4) is 0 Å². The zero-order chi connectivity index (χ0) is 23.3. The molecule has 1 fully saturated rings. The van der Waals surface area contributed by atoms with E-state index >= 15 is 0 Å². The van der Waals surface area contributed by atoms with Gasteiger partial charge in [0, 0.05) is 24.0 Å². The molecule has 1 aromatic carbocycles. The Morgan fingerprint density at radius 1 is 1.15 bits per heavy atom. The van der Waals surface area contributed by atoms with Gasteiger partial charge in [0.05, 0.1) is 24.6 Å². The molecule has 2 aromatic heterocycles. The Kier molecular flexibility index (Phi) is 7.18. The fraction of sp³-hybridized carbons (Fsp3) is 0.423. The van der Waals surface area contributed by atoms with Crippen LogP contribution in [0.15, 0.2) is 48.8 Å². The molecule has 2 aliphatic heterocycles. The van der Waals surface area contributed by atoms with Crippen LogP contribution in [0.25, 0.3) is 10.2 Å². The van der Waals surface area contributed by atoms with E-state index in [0.717, 1.165) is 47.7 Å². The van der Waals surface area contributed by atoms with Crippen molar-refractivity contribution in [3.05, 3.63) is 64.8 Å². The number of nitrogens with zero attached hydrogens (tertiary/aromatic N) is 4. The van der Waals surface area contributed by atoms with Crippen molar-refractivity contribution in [3.63, 3.8) is 0 Å². The molecule has 178 valence electrons. The first-order valence-corrected chi connectivity index (χ1v) is 12.9. The van der Waals surface area contributed by atoms with Crippen molar-refractivity contribution in [2.75, 3.05) is 38.1 Å². The molecule has 3 aromatic rings. The number of rotatable bonds is 7. The first-order chi connectivity index (χ1) is 16.7.